The molecule has 4 aromatic rings. The summed E-state index contributed by atoms with van der Waals surface area (Å²) >= 11 is 7.25. The van der Waals surface area contributed by atoms with Gasteiger partial charge in [-0.15, -0.1) is 11.3 Å². The summed E-state index contributed by atoms with van der Waals surface area (Å²) in [5.74, 6) is 5.95. The number of fused-ring (bicyclic) bond motifs is 1. The smallest absolute Gasteiger partial charge is 0.265 e. The maximum absolute atomic E-state index is 12.6. The van der Waals surface area contributed by atoms with Crippen molar-refractivity contribution < 1.29 is 4.79 Å². The number of rotatable bonds is 2. The average Bonchev–Trinajstić information content (AvgIpc) is 3.14. The summed E-state index contributed by atoms with van der Waals surface area (Å²) < 4.78 is 0.907. The van der Waals surface area contributed by atoms with Crippen LogP contribution in [0.25, 0.3) is 10.1 Å². The highest BCUT2D eigenvalue weighted by Gasteiger charge is 2.12. The van der Waals surface area contributed by atoms with Gasteiger partial charge >= 0.3 is 0 Å². The number of pyridine rings is 2. The Morgan fingerprint density at radius 1 is 1.07 bits per heavy atom. The van der Waals surface area contributed by atoms with Gasteiger partial charge < -0.3 is 5.32 Å². The Labute approximate surface area is 164 Å². The fourth-order valence-corrected chi connectivity index (χ4v) is 3.54. The zero-order valence-electron chi connectivity index (χ0n) is 13.9. The van der Waals surface area contributed by atoms with Crippen LogP contribution < -0.4 is 5.32 Å². The minimum absolute atomic E-state index is 0.179. The second kappa shape index (κ2) is 7.58. The van der Waals surface area contributed by atoms with Crippen LogP contribution in [0.2, 0.25) is 5.02 Å². The number of nitrogens with zero attached hydrogens (tertiary/aromatic N) is 2. The van der Waals surface area contributed by atoms with E-state index in [1.54, 1.807) is 42.9 Å². The molecule has 3 aromatic heterocycles. The van der Waals surface area contributed by atoms with Crippen molar-refractivity contribution in [2.75, 3.05) is 5.32 Å². The predicted molar refractivity (Wildman–Crippen MR) is 109 cm³/mol. The Bertz CT molecular complexity index is 1180. The highest BCUT2D eigenvalue weighted by atomic mass is 35.5. The number of aromatic nitrogens is 2. The van der Waals surface area contributed by atoms with Crippen LogP contribution in [0.1, 0.15) is 20.9 Å². The van der Waals surface area contributed by atoms with Gasteiger partial charge in [0, 0.05) is 34.7 Å². The highest BCUT2D eigenvalue weighted by molar-refractivity contribution is 7.20. The summed E-state index contributed by atoms with van der Waals surface area (Å²) in [6.45, 7) is 0. The van der Waals surface area contributed by atoms with E-state index < -0.39 is 0 Å². The molecule has 0 saturated heterocycles. The third-order valence-electron chi connectivity index (χ3n) is 3.76. The molecule has 0 aliphatic rings. The Balaban J connectivity index is 1.63. The lowest BCUT2D eigenvalue weighted by atomic mass is 10.2. The van der Waals surface area contributed by atoms with Crippen molar-refractivity contribution in [3.63, 3.8) is 0 Å². The number of nitrogens with one attached hydrogen (secondary N) is 1. The standard InChI is InChI=1S/C21H12ClN3OS/c22-15-5-8-17(9-6-15)25-21(26)19-11-18-14(12-23-13-20(18)27-19)4-7-16-3-1-2-10-24-16/h1-3,5-6,8-13H,(H,25,26). The topological polar surface area (TPSA) is 54.9 Å². The third-order valence-corrected chi connectivity index (χ3v) is 5.08. The van der Waals surface area contributed by atoms with Gasteiger partial charge in [0.1, 0.15) is 5.69 Å². The molecule has 0 atom stereocenters. The Morgan fingerprint density at radius 2 is 1.93 bits per heavy atom. The van der Waals surface area contributed by atoms with Crippen molar-refractivity contribution in [1.82, 2.24) is 9.97 Å². The lowest BCUT2D eigenvalue weighted by molar-refractivity contribution is 0.103. The third kappa shape index (κ3) is 3.98. The van der Waals surface area contributed by atoms with E-state index in [9.17, 15) is 4.79 Å². The molecule has 0 bridgehead atoms. The summed E-state index contributed by atoms with van der Waals surface area (Å²) in [5.41, 5.74) is 2.14. The van der Waals surface area contributed by atoms with Crippen LogP contribution in [0, 0.1) is 11.8 Å². The molecule has 1 N–H and O–H groups in total. The van der Waals surface area contributed by atoms with Gasteiger partial charge in [-0.25, -0.2) is 4.98 Å². The molecular weight excluding hydrogens is 378 g/mol. The van der Waals surface area contributed by atoms with Gasteiger partial charge in [0.15, 0.2) is 0 Å². The normalized spacial score (nSPS) is 10.3. The number of amides is 1. The van der Waals surface area contributed by atoms with Crippen LogP contribution in [0.4, 0.5) is 5.69 Å². The number of thiophene rings is 1. The molecule has 0 spiro atoms. The number of halogens is 1. The monoisotopic (exact) mass is 389 g/mol. The molecule has 6 heteroatoms. The molecule has 3 heterocycles. The maximum atomic E-state index is 12.6. The number of hydrogen-bond donors (Lipinski definition) is 1. The molecular formula is C21H12ClN3OS. The van der Waals surface area contributed by atoms with Gasteiger partial charge in [-0.3, -0.25) is 9.78 Å². The Morgan fingerprint density at radius 3 is 2.70 bits per heavy atom. The van der Waals surface area contributed by atoms with E-state index in [0.29, 0.717) is 21.3 Å². The zero-order chi connectivity index (χ0) is 18.6. The number of anilines is 1. The number of carbonyl (C=O) groups excluding carboxylic acids is 1. The van der Waals surface area contributed by atoms with E-state index in [2.05, 4.69) is 27.1 Å². The molecule has 1 amide bonds. The average molecular weight is 390 g/mol. The van der Waals surface area contributed by atoms with E-state index >= 15 is 0 Å². The van der Waals surface area contributed by atoms with E-state index in [1.807, 2.05) is 24.3 Å². The quantitative estimate of drug-likeness (QED) is 0.491. The van der Waals surface area contributed by atoms with Crippen molar-refractivity contribution in [3.8, 4) is 11.8 Å². The number of hydrogen-bond acceptors (Lipinski definition) is 4. The van der Waals surface area contributed by atoms with Crippen LogP contribution in [0.15, 0.2) is 67.1 Å². The first-order valence-corrected chi connectivity index (χ1v) is 9.26. The fraction of sp³-hybridized carbons (Fsp3) is 0. The van der Waals surface area contributed by atoms with E-state index in [-0.39, 0.29) is 5.91 Å². The molecule has 4 rings (SSSR count). The van der Waals surface area contributed by atoms with Gasteiger partial charge in [0.05, 0.1) is 15.1 Å². The molecule has 4 nitrogen and oxygen atoms in total. The largest absolute Gasteiger partial charge is 0.321 e. The minimum atomic E-state index is -0.179. The molecule has 0 aliphatic heterocycles. The van der Waals surface area contributed by atoms with Crippen LogP contribution in [-0.4, -0.2) is 15.9 Å². The van der Waals surface area contributed by atoms with Crippen LogP contribution in [0.5, 0.6) is 0 Å². The van der Waals surface area contributed by atoms with Crippen LogP contribution >= 0.6 is 22.9 Å². The van der Waals surface area contributed by atoms with Gasteiger partial charge in [0.2, 0.25) is 0 Å². The number of carbonyl (C=O) groups is 1. The first kappa shape index (κ1) is 17.2. The van der Waals surface area contributed by atoms with Crippen molar-refractivity contribution >= 4 is 44.6 Å². The second-order valence-corrected chi connectivity index (χ2v) is 7.16. The van der Waals surface area contributed by atoms with Crippen LogP contribution in [-0.2, 0) is 0 Å². The molecule has 27 heavy (non-hydrogen) atoms. The maximum Gasteiger partial charge on any atom is 0.265 e. The first-order chi connectivity index (χ1) is 13.2. The zero-order valence-corrected chi connectivity index (χ0v) is 15.5. The van der Waals surface area contributed by atoms with E-state index in [0.717, 1.165) is 15.6 Å². The fourth-order valence-electron chi connectivity index (χ4n) is 2.47. The lowest BCUT2D eigenvalue weighted by Crippen LogP contribution is -2.09. The molecule has 0 aliphatic carbocycles. The summed E-state index contributed by atoms with van der Waals surface area (Å²) in [6, 6.07) is 14.4. The first-order valence-electron chi connectivity index (χ1n) is 8.06. The van der Waals surface area contributed by atoms with Gasteiger partial charge in [-0.2, -0.15) is 0 Å². The summed E-state index contributed by atoms with van der Waals surface area (Å²) in [4.78, 5) is 21.6. The molecule has 0 radical (unpaired) electrons. The Kier molecular flexibility index (Phi) is 4.84. The number of benzene rings is 1. The van der Waals surface area contributed by atoms with E-state index in [4.69, 9.17) is 11.6 Å². The second-order valence-electron chi connectivity index (χ2n) is 5.64. The molecule has 130 valence electrons. The van der Waals surface area contributed by atoms with Crippen molar-refractivity contribution in [1.29, 1.82) is 0 Å². The Hall–Kier alpha value is -3.20. The van der Waals surface area contributed by atoms with Crippen molar-refractivity contribution in [2.45, 2.75) is 0 Å². The minimum Gasteiger partial charge on any atom is -0.321 e. The van der Waals surface area contributed by atoms with Crippen molar-refractivity contribution in [3.05, 3.63) is 88.3 Å². The summed E-state index contributed by atoms with van der Waals surface area (Å²) in [5, 5.41) is 4.39. The molecule has 0 saturated carbocycles. The molecule has 0 unspecified atom stereocenters. The molecule has 1 aromatic carbocycles. The van der Waals surface area contributed by atoms with Gasteiger partial charge in [-0.05, 0) is 48.4 Å². The SMILES string of the molecule is O=C(Nc1ccc(Cl)cc1)c1cc2c(C#Cc3ccccn3)cncc2s1. The van der Waals surface area contributed by atoms with E-state index in [1.165, 1.54) is 11.3 Å². The highest BCUT2D eigenvalue weighted by Crippen LogP contribution is 2.28. The van der Waals surface area contributed by atoms with Crippen molar-refractivity contribution in [2.24, 2.45) is 0 Å². The van der Waals surface area contributed by atoms with Crippen LogP contribution in [0.3, 0.4) is 0 Å². The van der Waals surface area contributed by atoms with Gasteiger partial charge in [0.25, 0.3) is 5.91 Å². The van der Waals surface area contributed by atoms with Gasteiger partial charge in [-0.1, -0.05) is 23.6 Å². The predicted octanol–water partition coefficient (Wildman–Crippen LogP) is 5.00. The summed E-state index contributed by atoms with van der Waals surface area (Å²) in [7, 11) is 0. The summed E-state index contributed by atoms with van der Waals surface area (Å²) in [6.07, 6.45) is 5.14. The molecule has 0 fully saturated rings. The lowest BCUT2D eigenvalue weighted by Gasteiger charge is -2.02.